The Bertz CT molecular complexity index is 583. The Morgan fingerprint density at radius 1 is 1.50 bits per heavy atom. The van der Waals surface area contributed by atoms with Gasteiger partial charge < -0.3 is 0 Å². The fraction of sp³-hybridized carbons (Fsp3) is 0.636. The molecule has 0 aliphatic carbocycles. The molecule has 1 aromatic heterocycles. The lowest BCUT2D eigenvalue weighted by molar-refractivity contribution is 0.392. The molecule has 0 amide bonds. The van der Waals surface area contributed by atoms with E-state index >= 15 is 0 Å². The molecule has 0 saturated heterocycles. The summed E-state index contributed by atoms with van der Waals surface area (Å²) in [6, 6.07) is 1.62. The molecule has 1 aromatic rings. The summed E-state index contributed by atoms with van der Waals surface area (Å²) in [6.45, 7) is 5.10. The highest BCUT2D eigenvalue weighted by molar-refractivity contribution is 7.89. The number of sulfonamides is 1. The van der Waals surface area contributed by atoms with Crippen molar-refractivity contribution in [2.24, 2.45) is 7.05 Å². The van der Waals surface area contributed by atoms with Crippen LogP contribution in [0.3, 0.4) is 0 Å². The van der Waals surface area contributed by atoms with Crippen LogP contribution in [-0.2, 0) is 17.1 Å². The summed E-state index contributed by atoms with van der Waals surface area (Å²) in [6.07, 6.45) is 0.161. The number of rotatable bonds is 4. The molecule has 0 N–H and O–H groups in total. The molecule has 7 heteroatoms. The van der Waals surface area contributed by atoms with Crippen LogP contribution in [0.5, 0.6) is 0 Å². The molecule has 0 saturated carbocycles. The average molecular weight is 270 g/mol. The van der Waals surface area contributed by atoms with Gasteiger partial charge in [-0.2, -0.15) is 14.7 Å². The SMILES string of the molecule is Cc1nn(C)c(C)c1S(=O)(=O)N(C)C(C)CC#N. The highest BCUT2D eigenvalue weighted by Crippen LogP contribution is 2.23. The average Bonchev–Trinajstić information content (AvgIpc) is 2.52. The molecule has 100 valence electrons. The number of nitriles is 1. The topological polar surface area (TPSA) is 79.0 Å². The van der Waals surface area contributed by atoms with Crippen LogP contribution in [0.1, 0.15) is 24.7 Å². The summed E-state index contributed by atoms with van der Waals surface area (Å²) < 4.78 is 27.7. The van der Waals surface area contributed by atoms with E-state index in [9.17, 15) is 8.42 Å². The molecule has 1 heterocycles. The Kier molecular flexibility index (Phi) is 4.14. The normalized spacial score (nSPS) is 13.6. The van der Waals surface area contributed by atoms with Crippen molar-refractivity contribution >= 4 is 10.0 Å². The van der Waals surface area contributed by atoms with Gasteiger partial charge in [0.15, 0.2) is 0 Å². The molecular formula is C11H18N4O2S. The van der Waals surface area contributed by atoms with E-state index in [2.05, 4.69) is 5.10 Å². The van der Waals surface area contributed by atoms with Gasteiger partial charge in [-0.1, -0.05) is 0 Å². The van der Waals surface area contributed by atoms with Crippen LogP contribution in [0.4, 0.5) is 0 Å². The van der Waals surface area contributed by atoms with Crippen molar-refractivity contribution in [2.75, 3.05) is 7.05 Å². The summed E-state index contributed by atoms with van der Waals surface area (Å²) in [5, 5.41) is 12.8. The van der Waals surface area contributed by atoms with E-state index in [1.807, 2.05) is 6.07 Å². The van der Waals surface area contributed by atoms with Crippen LogP contribution in [0.15, 0.2) is 4.90 Å². The summed E-state index contributed by atoms with van der Waals surface area (Å²) in [5.41, 5.74) is 1.08. The maximum atomic E-state index is 12.5. The van der Waals surface area contributed by atoms with E-state index in [1.165, 1.54) is 11.4 Å². The van der Waals surface area contributed by atoms with Gasteiger partial charge in [0, 0.05) is 20.1 Å². The molecule has 1 unspecified atom stereocenters. The van der Waals surface area contributed by atoms with Crippen molar-refractivity contribution in [3.05, 3.63) is 11.4 Å². The van der Waals surface area contributed by atoms with Crippen LogP contribution in [0.2, 0.25) is 0 Å². The standard InChI is InChI=1S/C11H18N4O2S/c1-8(6-7-12)15(5)18(16,17)11-9(2)13-14(4)10(11)3/h8H,6H2,1-5H3. The van der Waals surface area contributed by atoms with Gasteiger partial charge in [0.2, 0.25) is 10.0 Å². The van der Waals surface area contributed by atoms with Gasteiger partial charge in [0.25, 0.3) is 0 Å². The first-order valence-corrected chi connectivity index (χ1v) is 7.02. The van der Waals surface area contributed by atoms with Gasteiger partial charge in [-0.05, 0) is 20.8 Å². The largest absolute Gasteiger partial charge is 0.271 e. The Morgan fingerprint density at radius 3 is 2.44 bits per heavy atom. The fourth-order valence-corrected chi connectivity index (χ4v) is 3.52. The minimum atomic E-state index is -3.60. The van der Waals surface area contributed by atoms with Crippen molar-refractivity contribution in [3.8, 4) is 6.07 Å². The summed E-state index contributed by atoms with van der Waals surface area (Å²) in [7, 11) is -0.404. The molecular weight excluding hydrogens is 252 g/mol. The zero-order valence-electron chi connectivity index (χ0n) is 11.3. The minimum Gasteiger partial charge on any atom is -0.271 e. The lowest BCUT2D eigenvalue weighted by atomic mass is 10.3. The summed E-state index contributed by atoms with van der Waals surface area (Å²) in [4.78, 5) is 0.234. The Hall–Kier alpha value is -1.39. The molecule has 6 nitrogen and oxygen atoms in total. The zero-order valence-corrected chi connectivity index (χ0v) is 12.1. The molecule has 18 heavy (non-hydrogen) atoms. The molecule has 0 bridgehead atoms. The molecule has 0 aliphatic heterocycles. The maximum Gasteiger partial charge on any atom is 0.246 e. The van der Waals surface area contributed by atoms with Gasteiger partial charge in [-0.3, -0.25) is 4.68 Å². The molecule has 0 aromatic carbocycles. The molecule has 0 aliphatic rings. The van der Waals surface area contributed by atoms with Crippen molar-refractivity contribution in [2.45, 2.75) is 38.1 Å². The third kappa shape index (κ3) is 2.40. The predicted octanol–water partition coefficient (Wildman–Crippen LogP) is 0.960. The van der Waals surface area contributed by atoms with E-state index in [-0.39, 0.29) is 17.4 Å². The van der Waals surface area contributed by atoms with Crippen LogP contribution in [-0.4, -0.2) is 35.6 Å². The molecule has 1 rings (SSSR count). The third-order valence-electron chi connectivity index (χ3n) is 3.09. The number of hydrogen-bond acceptors (Lipinski definition) is 4. The molecule has 1 atom stereocenters. The lowest BCUT2D eigenvalue weighted by Gasteiger charge is -2.22. The zero-order chi connectivity index (χ0) is 14.1. The van der Waals surface area contributed by atoms with E-state index < -0.39 is 10.0 Å². The van der Waals surface area contributed by atoms with Gasteiger partial charge in [-0.25, -0.2) is 8.42 Å². The highest BCUT2D eigenvalue weighted by Gasteiger charge is 2.30. The van der Waals surface area contributed by atoms with Gasteiger partial charge in [-0.15, -0.1) is 0 Å². The van der Waals surface area contributed by atoms with Crippen molar-refractivity contribution in [3.63, 3.8) is 0 Å². The molecule has 0 spiro atoms. The van der Waals surface area contributed by atoms with Gasteiger partial charge in [0.1, 0.15) is 4.90 Å². The first kappa shape index (κ1) is 14.7. The van der Waals surface area contributed by atoms with Crippen molar-refractivity contribution in [1.82, 2.24) is 14.1 Å². The number of nitrogens with zero attached hydrogens (tertiary/aromatic N) is 4. The maximum absolute atomic E-state index is 12.5. The number of aryl methyl sites for hydroxylation is 2. The second kappa shape index (κ2) is 5.08. The van der Waals surface area contributed by atoms with E-state index in [0.717, 1.165) is 0 Å². The minimum absolute atomic E-state index is 0.161. The van der Waals surface area contributed by atoms with Crippen molar-refractivity contribution < 1.29 is 8.42 Å². The molecule has 0 radical (unpaired) electrons. The van der Waals surface area contributed by atoms with E-state index in [0.29, 0.717) is 11.4 Å². The fourth-order valence-electron chi connectivity index (χ4n) is 1.77. The quantitative estimate of drug-likeness (QED) is 0.816. The van der Waals surface area contributed by atoms with Crippen LogP contribution in [0.25, 0.3) is 0 Å². The van der Waals surface area contributed by atoms with Gasteiger partial charge >= 0.3 is 0 Å². The van der Waals surface area contributed by atoms with Crippen LogP contribution in [0, 0.1) is 25.2 Å². The Labute approximate surface area is 108 Å². The smallest absolute Gasteiger partial charge is 0.246 e. The monoisotopic (exact) mass is 270 g/mol. The second-order valence-electron chi connectivity index (χ2n) is 4.36. The highest BCUT2D eigenvalue weighted by atomic mass is 32.2. The van der Waals surface area contributed by atoms with E-state index in [1.54, 1.807) is 32.5 Å². The van der Waals surface area contributed by atoms with Crippen LogP contribution < -0.4 is 0 Å². The predicted molar refractivity (Wildman–Crippen MR) is 67.3 cm³/mol. The first-order valence-electron chi connectivity index (χ1n) is 5.58. The second-order valence-corrected chi connectivity index (χ2v) is 6.29. The van der Waals surface area contributed by atoms with Gasteiger partial charge in [0.05, 0.1) is 23.9 Å². The Morgan fingerprint density at radius 2 is 2.06 bits per heavy atom. The summed E-state index contributed by atoms with van der Waals surface area (Å²) in [5.74, 6) is 0. The van der Waals surface area contributed by atoms with Crippen LogP contribution >= 0.6 is 0 Å². The van der Waals surface area contributed by atoms with E-state index in [4.69, 9.17) is 5.26 Å². The number of aromatic nitrogens is 2. The van der Waals surface area contributed by atoms with Crippen molar-refractivity contribution in [1.29, 1.82) is 5.26 Å². The Balaban J connectivity index is 3.27. The lowest BCUT2D eigenvalue weighted by Crippen LogP contribution is -2.35. The first-order chi connectivity index (χ1) is 8.23. The number of hydrogen-bond donors (Lipinski definition) is 0. The third-order valence-corrected chi connectivity index (χ3v) is 5.31. The molecule has 0 fully saturated rings. The summed E-state index contributed by atoms with van der Waals surface area (Å²) >= 11 is 0.